The van der Waals surface area contributed by atoms with Crippen LogP contribution < -0.4 is 10.7 Å². The van der Waals surface area contributed by atoms with Crippen molar-refractivity contribution in [3.8, 4) is 11.4 Å². The number of nitrogens with zero attached hydrogens (tertiary/aromatic N) is 3. The number of anilines is 1. The maximum absolute atomic E-state index is 12.8. The van der Waals surface area contributed by atoms with E-state index in [-0.39, 0.29) is 17.9 Å². The lowest BCUT2D eigenvalue weighted by Crippen LogP contribution is -2.21. The van der Waals surface area contributed by atoms with Gasteiger partial charge in [-0.3, -0.25) is 9.59 Å². The number of amides is 1. The number of aromatic nitrogens is 3. The largest absolute Gasteiger partial charge is 0.331 e. The van der Waals surface area contributed by atoms with Gasteiger partial charge in [0.05, 0.1) is 29.1 Å². The SMILES string of the molecule is O=C(Cn1c2ccccc2c(=O)c2ccccc21)Nc1cnc(-c2ccccc2)nc1. The van der Waals surface area contributed by atoms with Gasteiger partial charge < -0.3 is 9.88 Å². The summed E-state index contributed by atoms with van der Waals surface area (Å²) < 4.78 is 1.86. The summed E-state index contributed by atoms with van der Waals surface area (Å²) in [6.45, 7) is 0.0573. The maximum Gasteiger partial charge on any atom is 0.244 e. The molecule has 0 saturated heterocycles. The predicted molar refractivity (Wildman–Crippen MR) is 122 cm³/mol. The molecule has 5 rings (SSSR count). The van der Waals surface area contributed by atoms with E-state index in [9.17, 15) is 9.59 Å². The number of fused-ring (bicyclic) bond motifs is 2. The number of nitrogens with one attached hydrogen (secondary N) is 1. The summed E-state index contributed by atoms with van der Waals surface area (Å²) in [6.07, 6.45) is 3.18. The van der Waals surface area contributed by atoms with Crippen molar-refractivity contribution in [1.29, 1.82) is 0 Å². The second kappa shape index (κ2) is 7.84. The minimum atomic E-state index is -0.227. The van der Waals surface area contributed by atoms with E-state index in [1.165, 1.54) is 0 Å². The standard InChI is InChI=1S/C25H18N4O2/c30-23(28-18-14-26-25(27-15-18)17-8-2-1-3-9-17)16-29-21-12-6-4-10-19(21)24(31)20-11-5-7-13-22(20)29/h1-15H,16H2,(H,28,30). The highest BCUT2D eigenvalue weighted by atomic mass is 16.2. The lowest BCUT2D eigenvalue weighted by atomic mass is 10.1. The molecule has 6 nitrogen and oxygen atoms in total. The molecule has 0 bridgehead atoms. The van der Waals surface area contributed by atoms with E-state index < -0.39 is 0 Å². The van der Waals surface area contributed by atoms with Gasteiger partial charge in [0, 0.05) is 16.3 Å². The van der Waals surface area contributed by atoms with E-state index in [0.717, 1.165) is 16.6 Å². The van der Waals surface area contributed by atoms with E-state index >= 15 is 0 Å². The molecule has 1 N–H and O–H groups in total. The molecule has 0 aliphatic carbocycles. The number of para-hydroxylation sites is 2. The van der Waals surface area contributed by atoms with Crippen LogP contribution in [0.3, 0.4) is 0 Å². The first-order chi connectivity index (χ1) is 15.2. The quantitative estimate of drug-likeness (QED) is 0.453. The average molecular weight is 406 g/mol. The van der Waals surface area contributed by atoms with Crippen molar-refractivity contribution in [2.75, 3.05) is 5.32 Å². The third-order valence-corrected chi connectivity index (χ3v) is 5.15. The van der Waals surface area contributed by atoms with Gasteiger partial charge in [-0.25, -0.2) is 9.97 Å². The highest BCUT2D eigenvalue weighted by Gasteiger charge is 2.13. The summed E-state index contributed by atoms with van der Waals surface area (Å²) in [5.41, 5.74) is 2.83. The van der Waals surface area contributed by atoms with Crippen LogP contribution in [0.15, 0.2) is 96.1 Å². The monoisotopic (exact) mass is 406 g/mol. The summed E-state index contributed by atoms with van der Waals surface area (Å²) in [6, 6.07) is 24.3. The molecule has 150 valence electrons. The second-order valence-corrected chi connectivity index (χ2v) is 7.16. The lowest BCUT2D eigenvalue weighted by Gasteiger charge is -2.15. The van der Waals surface area contributed by atoms with Crippen LogP contribution >= 0.6 is 0 Å². The Kier molecular flexibility index (Phi) is 4.72. The van der Waals surface area contributed by atoms with Crippen molar-refractivity contribution >= 4 is 33.4 Å². The highest BCUT2D eigenvalue weighted by molar-refractivity contribution is 5.97. The number of hydrogen-bond acceptors (Lipinski definition) is 4. The highest BCUT2D eigenvalue weighted by Crippen LogP contribution is 2.20. The summed E-state index contributed by atoms with van der Waals surface area (Å²) in [5, 5.41) is 4.03. The Morgan fingerprint density at radius 2 is 1.32 bits per heavy atom. The third-order valence-electron chi connectivity index (χ3n) is 5.15. The zero-order valence-electron chi connectivity index (χ0n) is 16.5. The Bertz CT molecular complexity index is 1400. The third kappa shape index (κ3) is 3.55. The van der Waals surface area contributed by atoms with Crippen molar-refractivity contribution in [1.82, 2.24) is 14.5 Å². The smallest absolute Gasteiger partial charge is 0.244 e. The van der Waals surface area contributed by atoms with Gasteiger partial charge in [0.25, 0.3) is 0 Å². The molecule has 1 amide bonds. The molecule has 0 atom stereocenters. The van der Waals surface area contributed by atoms with Crippen LogP contribution in [0.1, 0.15) is 0 Å². The molecule has 0 unspecified atom stereocenters. The minimum absolute atomic E-state index is 0.0345. The first-order valence-corrected chi connectivity index (χ1v) is 9.88. The van der Waals surface area contributed by atoms with Gasteiger partial charge in [0.15, 0.2) is 11.3 Å². The molecule has 3 aromatic carbocycles. The van der Waals surface area contributed by atoms with Crippen molar-refractivity contribution in [3.63, 3.8) is 0 Å². The molecule has 5 aromatic rings. The Hall–Kier alpha value is -4.32. The molecule has 0 spiro atoms. The van der Waals surface area contributed by atoms with Crippen molar-refractivity contribution in [3.05, 3.63) is 101 Å². The van der Waals surface area contributed by atoms with E-state index in [1.54, 1.807) is 24.5 Å². The van der Waals surface area contributed by atoms with Crippen molar-refractivity contribution < 1.29 is 4.79 Å². The molecule has 2 aromatic heterocycles. The number of carbonyl (C=O) groups excluding carboxylic acids is 1. The molecular formula is C25H18N4O2. The summed E-state index contributed by atoms with van der Waals surface area (Å²) in [7, 11) is 0. The fourth-order valence-corrected chi connectivity index (χ4v) is 3.72. The van der Waals surface area contributed by atoms with Gasteiger partial charge in [0.1, 0.15) is 6.54 Å². The predicted octanol–water partition coefficient (Wildman–Crippen LogP) is 4.25. The molecule has 2 heterocycles. The molecule has 0 radical (unpaired) electrons. The fraction of sp³-hybridized carbons (Fsp3) is 0.0400. The zero-order valence-corrected chi connectivity index (χ0v) is 16.5. The first kappa shape index (κ1) is 18.7. The van der Waals surface area contributed by atoms with Gasteiger partial charge in [0.2, 0.25) is 5.91 Å². The van der Waals surface area contributed by atoms with Crippen LogP contribution in [0.5, 0.6) is 0 Å². The van der Waals surface area contributed by atoms with Gasteiger partial charge in [-0.2, -0.15) is 0 Å². The second-order valence-electron chi connectivity index (χ2n) is 7.16. The minimum Gasteiger partial charge on any atom is -0.331 e. The van der Waals surface area contributed by atoms with Crippen LogP contribution in [0, 0.1) is 0 Å². The molecule has 0 aliphatic rings. The average Bonchev–Trinajstić information content (AvgIpc) is 2.83. The van der Waals surface area contributed by atoms with Crippen molar-refractivity contribution in [2.24, 2.45) is 0 Å². The van der Waals surface area contributed by atoms with E-state index in [0.29, 0.717) is 22.3 Å². The number of benzene rings is 3. The van der Waals surface area contributed by atoms with Crippen LogP contribution in [0.25, 0.3) is 33.2 Å². The van der Waals surface area contributed by atoms with Crippen LogP contribution in [0.2, 0.25) is 0 Å². The molecule has 0 saturated carbocycles. The van der Waals surface area contributed by atoms with Crippen LogP contribution in [-0.2, 0) is 11.3 Å². The number of hydrogen-bond donors (Lipinski definition) is 1. The fourth-order valence-electron chi connectivity index (χ4n) is 3.72. The van der Waals surface area contributed by atoms with Gasteiger partial charge >= 0.3 is 0 Å². The Morgan fingerprint density at radius 3 is 1.94 bits per heavy atom. The van der Waals surface area contributed by atoms with Crippen LogP contribution in [0.4, 0.5) is 5.69 Å². The zero-order chi connectivity index (χ0) is 21.2. The number of rotatable bonds is 4. The molecule has 0 aliphatic heterocycles. The summed E-state index contributed by atoms with van der Waals surface area (Å²) in [5.74, 6) is 0.367. The van der Waals surface area contributed by atoms with E-state index in [1.807, 2.05) is 71.3 Å². The maximum atomic E-state index is 12.8. The lowest BCUT2D eigenvalue weighted by molar-refractivity contribution is -0.116. The molecular weight excluding hydrogens is 388 g/mol. The molecule has 6 heteroatoms. The molecule has 31 heavy (non-hydrogen) atoms. The summed E-state index contributed by atoms with van der Waals surface area (Å²) in [4.78, 5) is 34.4. The first-order valence-electron chi connectivity index (χ1n) is 9.88. The van der Waals surface area contributed by atoms with Crippen molar-refractivity contribution in [2.45, 2.75) is 6.54 Å². The van der Waals surface area contributed by atoms with E-state index in [4.69, 9.17) is 0 Å². The van der Waals surface area contributed by atoms with Gasteiger partial charge in [-0.05, 0) is 24.3 Å². The van der Waals surface area contributed by atoms with E-state index in [2.05, 4.69) is 15.3 Å². The Labute approximate surface area is 177 Å². The topological polar surface area (TPSA) is 76.9 Å². The molecule has 0 fully saturated rings. The number of pyridine rings is 1. The van der Waals surface area contributed by atoms with Gasteiger partial charge in [-0.15, -0.1) is 0 Å². The Morgan fingerprint density at radius 1 is 0.774 bits per heavy atom. The van der Waals surface area contributed by atoms with Crippen LogP contribution in [-0.4, -0.2) is 20.4 Å². The summed E-state index contributed by atoms with van der Waals surface area (Å²) >= 11 is 0. The normalized spacial score (nSPS) is 11.0. The van der Waals surface area contributed by atoms with Gasteiger partial charge in [-0.1, -0.05) is 54.6 Å². The number of carbonyl (C=O) groups is 1. The Balaban J connectivity index is 1.45.